The van der Waals surface area contributed by atoms with Crippen molar-refractivity contribution < 1.29 is 9.59 Å². The fraction of sp³-hybridized carbons (Fsp3) is 0.0909. The first-order chi connectivity index (χ1) is 15.5. The highest BCUT2D eigenvalue weighted by Crippen LogP contribution is 2.20. The zero-order valence-corrected chi connectivity index (χ0v) is 17.7. The van der Waals surface area contributed by atoms with E-state index in [4.69, 9.17) is 11.5 Å². The maximum Gasteiger partial charge on any atom is 0.269 e. The molecule has 0 aliphatic heterocycles. The van der Waals surface area contributed by atoms with Gasteiger partial charge < -0.3 is 16.8 Å². The fourth-order valence-electron chi connectivity index (χ4n) is 3.09. The Morgan fingerprint density at radius 2 is 1.84 bits per heavy atom. The number of nitrogens with one attached hydrogen (secondary N) is 1. The van der Waals surface area contributed by atoms with Crippen molar-refractivity contribution in [1.29, 1.82) is 0 Å². The Kier molecular flexibility index (Phi) is 6.24. The molecule has 10 heteroatoms. The Labute approximate surface area is 187 Å². The molecule has 0 spiro atoms. The summed E-state index contributed by atoms with van der Waals surface area (Å²) in [5.41, 5.74) is 15.6. The molecule has 0 saturated heterocycles. The maximum atomic E-state index is 12.7. The van der Waals surface area contributed by atoms with Crippen LogP contribution >= 0.6 is 11.5 Å². The van der Waals surface area contributed by atoms with Gasteiger partial charge in [-0.3, -0.25) is 14.6 Å². The van der Waals surface area contributed by atoms with Crippen LogP contribution in [-0.2, 0) is 13.1 Å². The first-order valence-electron chi connectivity index (χ1n) is 9.66. The molecule has 2 amide bonds. The molecular weight excluding hydrogens is 426 g/mol. The van der Waals surface area contributed by atoms with Gasteiger partial charge in [0.2, 0.25) is 0 Å². The zero-order chi connectivity index (χ0) is 22.5. The minimum Gasteiger partial charge on any atom is -0.364 e. The molecule has 0 radical (unpaired) electrons. The molecule has 9 nitrogen and oxygen atoms in total. The molecule has 32 heavy (non-hydrogen) atoms. The number of primary amides is 1. The van der Waals surface area contributed by atoms with E-state index in [0.717, 1.165) is 16.8 Å². The fourth-order valence-corrected chi connectivity index (χ4v) is 3.55. The largest absolute Gasteiger partial charge is 0.364 e. The number of hydrogen-bond donors (Lipinski definition) is 3. The van der Waals surface area contributed by atoms with E-state index >= 15 is 0 Å². The SMILES string of the molecule is NCc1ncc(-c2cccc(C(=O)NCc3ccc(-c4csnn4)cc3)c2)nc1C(N)=O. The first kappa shape index (κ1) is 21.2. The summed E-state index contributed by atoms with van der Waals surface area (Å²) >= 11 is 1.30. The third-order valence-electron chi connectivity index (χ3n) is 4.76. The topological polar surface area (TPSA) is 150 Å². The van der Waals surface area contributed by atoms with Crippen LogP contribution in [0.15, 0.2) is 60.1 Å². The van der Waals surface area contributed by atoms with E-state index in [1.165, 1.54) is 17.7 Å². The minimum atomic E-state index is -0.703. The highest BCUT2D eigenvalue weighted by molar-refractivity contribution is 7.03. The van der Waals surface area contributed by atoms with Gasteiger partial charge in [-0.05, 0) is 29.2 Å². The molecule has 0 saturated carbocycles. The van der Waals surface area contributed by atoms with Crippen molar-refractivity contribution in [3.05, 3.63) is 82.6 Å². The predicted molar refractivity (Wildman–Crippen MR) is 120 cm³/mol. The molecule has 160 valence electrons. The van der Waals surface area contributed by atoms with E-state index < -0.39 is 5.91 Å². The summed E-state index contributed by atoms with van der Waals surface area (Å²) in [6, 6.07) is 14.7. The van der Waals surface area contributed by atoms with Crippen molar-refractivity contribution in [3.63, 3.8) is 0 Å². The van der Waals surface area contributed by atoms with Crippen LogP contribution in [0, 0.1) is 0 Å². The van der Waals surface area contributed by atoms with Crippen LogP contribution in [0.1, 0.15) is 32.1 Å². The molecule has 0 atom stereocenters. The summed E-state index contributed by atoms with van der Waals surface area (Å²) in [7, 11) is 0. The van der Waals surface area contributed by atoms with Gasteiger partial charge in [-0.15, -0.1) is 5.10 Å². The van der Waals surface area contributed by atoms with E-state index in [1.807, 2.05) is 29.6 Å². The molecule has 2 heterocycles. The van der Waals surface area contributed by atoms with E-state index in [0.29, 0.717) is 29.1 Å². The Morgan fingerprint density at radius 1 is 1.03 bits per heavy atom. The van der Waals surface area contributed by atoms with Crippen LogP contribution in [0.4, 0.5) is 0 Å². The Morgan fingerprint density at radius 3 is 2.53 bits per heavy atom. The van der Waals surface area contributed by atoms with E-state index in [9.17, 15) is 9.59 Å². The van der Waals surface area contributed by atoms with E-state index in [2.05, 4.69) is 24.9 Å². The van der Waals surface area contributed by atoms with Gasteiger partial charge in [-0.2, -0.15) is 0 Å². The van der Waals surface area contributed by atoms with Gasteiger partial charge >= 0.3 is 0 Å². The summed E-state index contributed by atoms with van der Waals surface area (Å²) < 4.78 is 3.86. The Balaban J connectivity index is 1.47. The quantitative estimate of drug-likeness (QED) is 0.394. The van der Waals surface area contributed by atoms with Crippen molar-refractivity contribution in [3.8, 4) is 22.5 Å². The third kappa shape index (κ3) is 4.66. The van der Waals surface area contributed by atoms with Crippen LogP contribution in [-0.4, -0.2) is 31.4 Å². The summed E-state index contributed by atoms with van der Waals surface area (Å²) in [5.74, 6) is -0.938. The maximum absolute atomic E-state index is 12.7. The molecule has 4 aromatic rings. The number of carbonyl (C=O) groups excluding carboxylic acids is 2. The van der Waals surface area contributed by atoms with Gasteiger partial charge in [0.05, 0.1) is 17.6 Å². The van der Waals surface area contributed by atoms with E-state index in [1.54, 1.807) is 24.3 Å². The van der Waals surface area contributed by atoms with E-state index in [-0.39, 0.29) is 18.1 Å². The number of nitrogens with zero attached hydrogens (tertiary/aromatic N) is 4. The second-order valence-corrected chi connectivity index (χ2v) is 7.48. The summed E-state index contributed by atoms with van der Waals surface area (Å²) in [4.78, 5) is 32.8. The lowest BCUT2D eigenvalue weighted by atomic mass is 10.1. The van der Waals surface area contributed by atoms with Crippen LogP contribution in [0.5, 0.6) is 0 Å². The zero-order valence-electron chi connectivity index (χ0n) is 16.9. The van der Waals surface area contributed by atoms with Gasteiger partial charge in [-0.1, -0.05) is 40.9 Å². The lowest BCUT2D eigenvalue weighted by Crippen LogP contribution is -2.22. The number of nitrogens with two attached hydrogens (primary N) is 2. The Hall–Kier alpha value is -4.02. The number of benzene rings is 2. The summed E-state index contributed by atoms with van der Waals surface area (Å²) in [6.45, 7) is 0.422. The molecule has 0 fully saturated rings. The van der Waals surface area contributed by atoms with Crippen molar-refractivity contribution in [2.75, 3.05) is 0 Å². The molecule has 5 N–H and O–H groups in total. The van der Waals surface area contributed by atoms with Gasteiger partial charge in [-0.25, -0.2) is 4.98 Å². The second kappa shape index (κ2) is 9.41. The second-order valence-electron chi connectivity index (χ2n) is 6.87. The number of carbonyl (C=O) groups is 2. The van der Waals surface area contributed by atoms with Crippen molar-refractivity contribution in [1.82, 2.24) is 24.9 Å². The molecule has 0 aliphatic carbocycles. The third-order valence-corrected chi connectivity index (χ3v) is 5.26. The van der Waals surface area contributed by atoms with Crippen molar-refractivity contribution in [2.45, 2.75) is 13.1 Å². The monoisotopic (exact) mass is 445 g/mol. The van der Waals surface area contributed by atoms with Crippen molar-refractivity contribution in [2.24, 2.45) is 11.5 Å². The number of amides is 2. The molecular formula is C22H19N7O2S. The number of hydrogen-bond acceptors (Lipinski definition) is 8. The van der Waals surface area contributed by atoms with Crippen molar-refractivity contribution >= 4 is 23.3 Å². The summed E-state index contributed by atoms with van der Waals surface area (Å²) in [6.07, 6.45) is 1.51. The highest BCUT2D eigenvalue weighted by Gasteiger charge is 2.14. The highest BCUT2D eigenvalue weighted by atomic mass is 32.1. The molecule has 4 rings (SSSR count). The van der Waals surface area contributed by atoms with Crippen LogP contribution in [0.25, 0.3) is 22.5 Å². The van der Waals surface area contributed by atoms with Crippen LogP contribution in [0.3, 0.4) is 0 Å². The van der Waals surface area contributed by atoms with Gasteiger partial charge in [0, 0.05) is 35.2 Å². The molecule has 0 bridgehead atoms. The van der Waals surface area contributed by atoms with Gasteiger partial charge in [0.25, 0.3) is 11.8 Å². The van der Waals surface area contributed by atoms with Crippen LogP contribution < -0.4 is 16.8 Å². The van der Waals surface area contributed by atoms with Crippen LogP contribution in [0.2, 0.25) is 0 Å². The molecule has 0 unspecified atom stereocenters. The predicted octanol–water partition coefficient (Wildman–Crippen LogP) is 2.15. The minimum absolute atomic E-state index is 0.0248. The van der Waals surface area contributed by atoms with Gasteiger partial charge in [0.15, 0.2) is 5.69 Å². The lowest BCUT2D eigenvalue weighted by molar-refractivity contribution is 0.0949. The average Bonchev–Trinajstić information content (AvgIpc) is 3.37. The van der Waals surface area contributed by atoms with Gasteiger partial charge in [0.1, 0.15) is 5.69 Å². The average molecular weight is 446 g/mol. The number of rotatable bonds is 7. The molecule has 2 aromatic carbocycles. The molecule has 0 aliphatic rings. The normalized spacial score (nSPS) is 10.7. The first-order valence-corrected chi connectivity index (χ1v) is 10.5. The Bertz CT molecular complexity index is 1260. The standard InChI is InChI=1S/C22H19N7O2S/c23-9-17-20(21(24)30)27-18(11-25-17)15-2-1-3-16(8-15)22(31)26-10-13-4-6-14(7-5-13)19-12-32-29-28-19/h1-8,11-12H,9-10,23H2,(H2,24,30)(H,26,31). The lowest BCUT2D eigenvalue weighted by Gasteiger charge is -2.09. The summed E-state index contributed by atoms with van der Waals surface area (Å²) in [5, 5.41) is 8.83. The smallest absolute Gasteiger partial charge is 0.269 e. The number of aromatic nitrogens is 4. The molecule has 2 aromatic heterocycles.